The van der Waals surface area contributed by atoms with E-state index in [1.807, 2.05) is 48.5 Å². The van der Waals surface area contributed by atoms with Crippen LogP contribution in [0.2, 0.25) is 0 Å². The zero-order valence-electron chi connectivity index (χ0n) is 12.6. The highest BCUT2D eigenvalue weighted by molar-refractivity contribution is 5.47. The number of hydrogen-bond acceptors (Lipinski definition) is 3. The molecule has 3 nitrogen and oxygen atoms in total. The van der Waals surface area contributed by atoms with Gasteiger partial charge in [-0.15, -0.1) is 0 Å². The van der Waals surface area contributed by atoms with Crippen molar-refractivity contribution in [2.45, 2.75) is 32.7 Å². The predicted octanol–water partition coefficient (Wildman–Crippen LogP) is 4.45. The highest BCUT2D eigenvalue weighted by Gasteiger charge is 1.97. The minimum Gasteiger partial charge on any atom is -0.494 e. The molecule has 2 rings (SSSR count). The first-order chi connectivity index (χ1) is 10.3. The third-order valence-electron chi connectivity index (χ3n) is 3.35. The van der Waals surface area contributed by atoms with Gasteiger partial charge in [0.15, 0.2) is 0 Å². The van der Waals surface area contributed by atoms with Crippen LogP contribution in [0.5, 0.6) is 5.75 Å². The minimum atomic E-state index is 0.789. The van der Waals surface area contributed by atoms with Crippen molar-refractivity contribution in [1.82, 2.24) is 0 Å². The summed E-state index contributed by atoms with van der Waals surface area (Å²) in [7, 11) is 0. The Balaban J connectivity index is 1.78. The molecule has 0 saturated heterocycles. The van der Waals surface area contributed by atoms with Crippen molar-refractivity contribution in [2.24, 2.45) is 0 Å². The summed E-state index contributed by atoms with van der Waals surface area (Å²) in [6, 6.07) is 16.0. The lowest BCUT2D eigenvalue weighted by Gasteiger charge is -2.09. The molecule has 0 aromatic heterocycles. The Morgan fingerprint density at radius 1 is 0.952 bits per heavy atom. The van der Waals surface area contributed by atoms with E-state index < -0.39 is 0 Å². The van der Waals surface area contributed by atoms with E-state index in [9.17, 15) is 0 Å². The predicted molar refractivity (Wildman–Crippen MR) is 89.6 cm³/mol. The van der Waals surface area contributed by atoms with Crippen molar-refractivity contribution < 1.29 is 4.74 Å². The third kappa shape index (κ3) is 5.38. The molecule has 0 heterocycles. The summed E-state index contributed by atoms with van der Waals surface area (Å²) in [5.41, 5.74) is 8.77. The summed E-state index contributed by atoms with van der Waals surface area (Å²) in [5, 5.41) is 3.39. The molecular formula is C18H24N2O. The van der Waals surface area contributed by atoms with Crippen LogP contribution >= 0.6 is 0 Å². The van der Waals surface area contributed by atoms with Crippen LogP contribution < -0.4 is 15.8 Å². The van der Waals surface area contributed by atoms with Gasteiger partial charge >= 0.3 is 0 Å². The molecule has 2 aromatic carbocycles. The molecule has 0 atom stereocenters. The smallest absolute Gasteiger partial charge is 0.119 e. The molecule has 112 valence electrons. The van der Waals surface area contributed by atoms with Crippen molar-refractivity contribution >= 4 is 11.4 Å². The van der Waals surface area contributed by atoms with Crippen molar-refractivity contribution in [3.05, 3.63) is 54.1 Å². The Kier molecular flexibility index (Phi) is 5.95. The normalized spacial score (nSPS) is 10.3. The zero-order valence-corrected chi connectivity index (χ0v) is 12.6. The van der Waals surface area contributed by atoms with E-state index in [2.05, 4.69) is 12.2 Å². The molecular weight excluding hydrogens is 260 g/mol. The Bertz CT molecular complexity index is 520. The fraction of sp³-hybridized carbons (Fsp3) is 0.333. The van der Waals surface area contributed by atoms with Gasteiger partial charge in [0, 0.05) is 17.9 Å². The second-order valence-electron chi connectivity index (χ2n) is 5.18. The fourth-order valence-corrected chi connectivity index (χ4v) is 2.05. The van der Waals surface area contributed by atoms with Crippen molar-refractivity contribution in [2.75, 3.05) is 17.7 Å². The molecule has 0 fully saturated rings. The summed E-state index contributed by atoms with van der Waals surface area (Å²) >= 11 is 0. The highest BCUT2D eigenvalue weighted by atomic mass is 16.5. The van der Waals surface area contributed by atoms with Crippen LogP contribution in [0.15, 0.2) is 48.5 Å². The van der Waals surface area contributed by atoms with Gasteiger partial charge in [0.25, 0.3) is 0 Å². The molecule has 0 bridgehead atoms. The lowest BCUT2D eigenvalue weighted by molar-refractivity contribution is 0.306. The monoisotopic (exact) mass is 284 g/mol. The Hall–Kier alpha value is -2.16. The van der Waals surface area contributed by atoms with Crippen LogP contribution in [-0.2, 0) is 6.54 Å². The van der Waals surface area contributed by atoms with Crippen LogP contribution in [0, 0.1) is 0 Å². The number of benzene rings is 2. The van der Waals surface area contributed by atoms with E-state index in [1.54, 1.807) is 0 Å². The number of nitrogens with one attached hydrogen (secondary N) is 1. The summed E-state index contributed by atoms with van der Waals surface area (Å²) in [6.45, 7) is 3.78. The highest BCUT2D eigenvalue weighted by Crippen LogP contribution is 2.17. The van der Waals surface area contributed by atoms with Gasteiger partial charge in [0.1, 0.15) is 5.75 Å². The van der Waals surface area contributed by atoms with Crippen LogP contribution in [-0.4, -0.2) is 6.61 Å². The maximum Gasteiger partial charge on any atom is 0.119 e. The molecule has 0 spiro atoms. The van der Waals surface area contributed by atoms with E-state index in [0.29, 0.717) is 0 Å². The van der Waals surface area contributed by atoms with Gasteiger partial charge in [0.05, 0.1) is 6.61 Å². The molecule has 0 unspecified atom stereocenters. The maximum atomic E-state index is 5.70. The van der Waals surface area contributed by atoms with Gasteiger partial charge < -0.3 is 15.8 Å². The van der Waals surface area contributed by atoms with E-state index in [4.69, 9.17) is 10.5 Å². The van der Waals surface area contributed by atoms with Gasteiger partial charge in [-0.1, -0.05) is 31.9 Å². The topological polar surface area (TPSA) is 47.3 Å². The van der Waals surface area contributed by atoms with Crippen LogP contribution in [0.1, 0.15) is 31.7 Å². The lowest BCUT2D eigenvalue weighted by Crippen LogP contribution is -2.00. The summed E-state index contributed by atoms with van der Waals surface area (Å²) in [6.07, 6.45) is 3.56. The zero-order chi connectivity index (χ0) is 14.9. The molecule has 0 aliphatic rings. The Morgan fingerprint density at radius 3 is 2.33 bits per heavy atom. The minimum absolute atomic E-state index is 0.789. The summed E-state index contributed by atoms with van der Waals surface area (Å²) in [4.78, 5) is 0. The maximum absolute atomic E-state index is 5.70. The number of anilines is 2. The van der Waals surface area contributed by atoms with Crippen LogP contribution in [0.25, 0.3) is 0 Å². The summed E-state index contributed by atoms with van der Waals surface area (Å²) < 4.78 is 5.70. The molecule has 0 aliphatic carbocycles. The van der Waals surface area contributed by atoms with E-state index in [0.717, 1.165) is 36.7 Å². The van der Waals surface area contributed by atoms with Gasteiger partial charge in [0.2, 0.25) is 0 Å². The molecule has 0 saturated carbocycles. The van der Waals surface area contributed by atoms with Gasteiger partial charge in [-0.2, -0.15) is 0 Å². The molecule has 2 aromatic rings. The SMILES string of the molecule is CCCCCOc1ccc(NCc2ccc(N)cc2)cc1. The number of hydrogen-bond donors (Lipinski definition) is 2. The number of rotatable bonds is 8. The number of unbranched alkanes of at least 4 members (excludes halogenated alkanes) is 2. The number of nitrogens with two attached hydrogens (primary N) is 1. The summed E-state index contributed by atoms with van der Waals surface area (Å²) in [5.74, 6) is 0.934. The first-order valence-electron chi connectivity index (χ1n) is 7.59. The quantitative estimate of drug-likeness (QED) is 0.556. The number of ether oxygens (including phenoxy) is 1. The van der Waals surface area contributed by atoms with Gasteiger partial charge in [-0.3, -0.25) is 0 Å². The Morgan fingerprint density at radius 2 is 1.67 bits per heavy atom. The second-order valence-corrected chi connectivity index (χ2v) is 5.18. The van der Waals surface area contributed by atoms with E-state index in [1.165, 1.54) is 18.4 Å². The molecule has 3 heteroatoms. The second kappa shape index (κ2) is 8.20. The molecule has 21 heavy (non-hydrogen) atoms. The average Bonchev–Trinajstić information content (AvgIpc) is 2.52. The standard InChI is InChI=1S/C18H24N2O/c1-2-3-4-13-21-18-11-9-17(10-12-18)20-14-15-5-7-16(19)8-6-15/h5-12,20H,2-4,13-14,19H2,1H3. The van der Waals surface area contributed by atoms with Gasteiger partial charge in [-0.25, -0.2) is 0 Å². The van der Waals surface area contributed by atoms with Gasteiger partial charge in [-0.05, 0) is 48.4 Å². The van der Waals surface area contributed by atoms with Crippen molar-refractivity contribution in [1.29, 1.82) is 0 Å². The van der Waals surface area contributed by atoms with E-state index in [-0.39, 0.29) is 0 Å². The first kappa shape index (κ1) is 15.2. The van der Waals surface area contributed by atoms with Crippen molar-refractivity contribution in [3.8, 4) is 5.75 Å². The average molecular weight is 284 g/mol. The Labute approximate surface area is 127 Å². The number of nitrogen functional groups attached to an aromatic ring is 1. The third-order valence-corrected chi connectivity index (χ3v) is 3.35. The first-order valence-corrected chi connectivity index (χ1v) is 7.59. The lowest BCUT2D eigenvalue weighted by atomic mass is 10.2. The van der Waals surface area contributed by atoms with E-state index >= 15 is 0 Å². The molecule has 3 N–H and O–H groups in total. The molecule has 0 aliphatic heterocycles. The largest absolute Gasteiger partial charge is 0.494 e. The van der Waals surface area contributed by atoms with Crippen molar-refractivity contribution in [3.63, 3.8) is 0 Å². The molecule has 0 radical (unpaired) electrons. The molecule has 0 amide bonds. The fourth-order valence-electron chi connectivity index (χ4n) is 2.05. The van der Waals surface area contributed by atoms with Crippen LogP contribution in [0.3, 0.4) is 0 Å². The van der Waals surface area contributed by atoms with Crippen LogP contribution in [0.4, 0.5) is 11.4 Å².